The largest absolute Gasteiger partial charge is 0.485 e. The van der Waals surface area contributed by atoms with E-state index in [1.54, 1.807) is 42.6 Å². The first kappa shape index (κ1) is 23.2. The highest BCUT2D eigenvalue weighted by atomic mass is 19.1. The van der Waals surface area contributed by atoms with Crippen LogP contribution in [0.4, 0.5) is 8.78 Å². The number of rotatable bonds is 9. The van der Waals surface area contributed by atoms with Crippen LogP contribution in [0.1, 0.15) is 44.7 Å². The van der Waals surface area contributed by atoms with Crippen LogP contribution < -0.4 is 4.74 Å². The molecule has 4 rings (SSSR count). The van der Waals surface area contributed by atoms with Crippen molar-refractivity contribution < 1.29 is 23.4 Å². The third-order valence-electron chi connectivity index (χ3n) is 5.59. The van der Waals surface area contributed by atoms with Crippen molar-refractivity contribution in [2.24, 2.45) is 0 Å². The lowest BCUT2D eigenvalue weighted by Crippen LogP contribution is -2.12. The van der Waals surface area contributed by atoms with Crippen molar-refractivity contribution in [3.8, 4) is 5.75 Å². The quantitative estimate of drug-likeness (QED) is 0.328. The summed E-state index contributed by atoms with van der Waals surface area (Å²) in [6.07, 6.45) is 2.75. The van der Waals surface area contributed by atoms with Crippen LogP contribution in [0.5, 0.6) is 5.75 Å². The van der Waals surface area contributed by atoms with E-state index in [9.17, 15) is 18.7 Å². The second kappa shape index (κ2) is 10.3. The van der Waals surface area contributed by atoms with E-state index in [1.807, 2.05) is 6.92 Å². The molecular formula is C27H24F2N2O3. The van der Waals surface area contributed by atoms with E-state index in [-0.39, 0.29) is 17.2 Å². The number of aryl methyl sites for hydroxylation is 3. The lowest BCUT2D eigenvalue weighted by Gasteiger charge is -2.20. The fraction of sp³-hybridized carbons (Fsp3) is 0.185. The molecular weight excluding hydrogens is 438 g/mol. The molecule has 1 aromatic heterocycles. The molecule has 0 aliphatic carbocycles. The number of carboxylic acids is 1. The fourth-order valence-corrected chi connectivity index (χ4v) is 3.82. The molecule has 4 aromatic rings. The molecule has 0 bridgehead atoms. The number of hydrogen-bond acceptors (Lipinski definition) is 3. The molecule has 0 saturated heterocycles. The Labute approximate surface area is 196 Å². The summed E-state index contributed by atoms with van der Waals surface area (Å²) >= 11 is 0. The minimum absolute atomic E-state index is 0.148. The average molecular weight is 462 g/mol. The molecule has 34 heavy (non-hydrogen) atoms. The smallest absolute Gasteiger partial charge is 0.336 e. The van der Waals surface area contributed by atoms with Gasteiger partial charge in [0.1, 0.15) is 29.3 Å². The van der Waals surface area contributed by atoms with Gasteiger partial charge < -0.3 is 14.8 Å². The summed E-state index contributed by atoms with van der Waals surface area (Å²) in [5.41, 5.74) is 3.33. The number of nitrogens with zero attached hydrogens (tertiary/aromatic N) is 1. The van der Waals surface area contributed by atoms with Gasteiger partial charge in [0.05, 0.1) is 5.56 Å². The molecule has 2 N–H and O–H groups in total. The number of hydrogen-bond donors (Lipinski definition) is 2. The highest BCUT2D eigenvalue weighted by Gasteiger charge is 2.18. The van der Waals surface area contributed by atoms with E-state index in [0.29, 0.717) is 30.6 Å². The standard InChI is InChI=1S/C27H24F2N2O3/c1-17-30-16-23(31-17)14-26(20-6-11-22(29)12-7-20)34-24-13-8-19(25(15-24)27(32)33)5-2-18-3-9-21(28)10-4-18/h3-4,6-13,15-16,26H,2,5,14H2,1H3,(H,30,31)(H,32,33). The number of halogens is 2. The van der Waals surface area contributed by atoms with Crippen molar-refractivity contribution in [2.45, 2.75) is 32.3 Å². The number of ether oxygens (including phenoxy) is 1. The number of benzene rings is 3. The van der Waals surface area contributed by atoms with Gasteiger partial charge in [-0.1, -0.05) is 30.3 Å². The summed E-state index contributed by atoms with van der Waals surface area (Å²) in [5, 5.41) is 9.78. The Morgan fingerprint density at radius 3 is 2.29 bits per heavy atom. The van der Waals surface area contributed by atoms with Crippen molar-refractivity contribution in [3.63, 3.8) is 0 Å². The number of nitrogens with one attached hydrogen (secondary N) is 1. The summed E-state index contributed by atoms with van der Waals surface area (Å²) in [7, 11) is 0. The maximum atomic E-state index is 13.5. The van der Waals surface area contributed by atoms with Gasteiger partial charge in [-0.2, -0.15) is 0 Å². The maximum absolute atomic E-state index is 13.5. The summed E-state index contributed by atoms with van der Waals surface area (Å²) in [6, 6.07) is 17.2. The minimum Gasteiger partial charge on any atom is -0.485 e. The first-order valence-corrected chi connectivity index (χ1v) is 10.9. The number of H-pyrrole nitrogens is 1. The molecule has 1 atom stereocenters. The molecule has 5 nitrogen and oxygen atoms in total. The molecule has 0 radical (unpaired) electrons. The summed E-state index contributed by atoms with van der Waals surface area (Å²) in [4.78, 5) is 19.3. The monoisotopic (exact) mass is 462 g/mol. The van der Waals surface area contributed by atoms with Crippen LogP contribution in [0.15, 0.2) is 72.9 Å². The Morgan fingerprint density at radius 1 is 1.00 bits per heavy atom. The van der Waals surface area contributed by atoms with E-state index in [1.165, 1.54) is 30.3 Å². The Hall–Kier alpha value is -4.00. The molecule has 3 aromatic carbocycles. The van der Waals surface area contributed by atoms with Gasteiger partial charge in [-0.25, -0.2) is 18.6 Å². The van der Waals surface area contributed by atoms with Gasteiger partial charge >= 0.3 is 5.97 Å². The molecule has 0 fully saturated rings. The van der Waals surface area contributed by atoms with Crippen molar-refractivity contribution in [3.05, 3.63) is 118 Å². The van der Waals surface area contributed by atoms with Gasteiger partial charge in [0.2, 0.25) is 0 Å². The van der Waals surface area contributed by atoms with Crippen molar-refractivity contribution in [1.29, 1.82) is 0 Å². The Balaban J connectivity index is 1.56. The Kier molecular flexibility index (Phi) is 7.01. The average Bonchev–Trinajstić information content (AvgIpc) is 3.23. The SMILES string of the molecule is Cc1ncc(CC(Oc2ccc(CCc3ccc(F)cc3)c(C(=O)O)c2)c2ccc(F)cc2)[nH]1. The molecule has 0 spiro atoms. The molecule has 0 saturated carbocycles. The zero-order valence-electron chi connectivity index (χ0n) is 18.6. The predicted octanol–water partition coefficient (Wildman–Crippen LogP) is 5.84. The topological polar surface area (TPSA) is 75.2 Å². The van der Waals surface area contributed by atoms with Gasteiger partial charge in [-0.3, -0.25) is 0 Å². The zero-order valence-corrected chi connectivity index (χ0v) is 18.6. The molecule has 0 aliphatic rings. The Bertz CT molecular complexity index is 1270. The van der Waals surface area contributed by atoms with Crippen LogP contribution >= 0.6 is 0 Å². The molecule has 174 valence electrons. The number of carbonyl (C=O) groups is 1. The summed E-state index contributed by atoms with van der Waals surface area (Å²) in [6.45, 7) is 1.85. The van der Waals surface area contributed by atoms with Crippen molar-refractivity contribution in [1.82, 2.24) is 9.97 Å². The van der Waals surface area contributed by atoms with E-state index < -0.39 is 12.1 Å². The lowest BCUT2D eigenvalue weighted by molar-refractivity contribution is 0.0694. The molecule has 7 heteroatoms. The van der Waals surface area contributed by atoms with Gasteiger partial charge in [-0.05, 0) is 72.9 Å². The normalized spacial score (nSPS) is 11.9. The molecule has 1 heterocycles. The lowest BCUT2D eigenvalue weighted by atomic mass is 9.99. The van der Waals surface area contributed by atoms with E-state index in [0.717, 1.165) is 22.6 Å². The van der Waals surface area contributed by atoms with Crippen LogP contribution in [0.25, 0.3) is 0 Å². The fourth-order valence-electron chi connectivity index (χ4n) is 3.82. The maximum Gasteiger partial charge on any atom is 0.336 e. The van der Waals surface area contributed by atoms with Crippen LogP contribution in [-0.4, -0.2) is 21.0 Å². The molecule has 1 unspecified atom stereocenters. The predicted molar refractivity (Wildman–Crippen MR) is 124 cm³/mol. The first-order valence-electron chi connectivity index (χ1n) is 10.9. The van der Waals surface area contributed by atoms with Gasteiger partial charge in [0, 0.05) is 18.3 Å². The second-order valence-corrected chi connectivity index (χ2v) is 8.11. The number of aromatic carboxylic acids is 1. The number of aromatic nitrogens is 2. The van der Waals surface area contributed by atoms with Gasteiger partial charge in [0.15, 0.2) is 0 Å². The van der Waals surface area contributed by atoms with Gasteiger partial charge in [-0.15, -0.1) is 0 Å². The van der Waals surface area contributed by atoms with Gasteiger partial charge in [0.25, 0.3) is 0 Å². The minimum atomic E-state index is -1.05. The number of imidazole rings is 1. The number of aromatic amines is 1. The van der Waals surface area contributed by atoms with Crippen molar-refractivity contribution in [2.75, 3.05) is 0 Å². The Morgan fingerprint density at radius 2 is 1.68 bits per heavy atom. The summed E-state index contributed by atoms with van der Waals surface area (Å²) < 4.78 is 32.8. The highest BCUT2D eigenvalue weighted by Crippen LogP contribution is 2.28. The number of carboxylic acid groups (broad SMARTS) is 1. The molecule has 0 amide bonds. The van der Waals surface area contributed by atoms with E-state index >= 15 is 0 Å². The van der Waals surface area contributed by atoms with E-state index in [2.05, 4.69) is 9.97 Å². The summed E-state index contributed by atoms with van der Waals surface area (Å²) in [5.74, 6) is -0.543. The van der Waals surface area contributed by atoms with E-state index in [4.69, 9.17) is 4.74 Å². The highest BCUT2D eigenvalue weighted by molar-refractivity contribution is 5.90. The van der Waals surface area contributed by atoms with Crippen LogP contribution in [0.2, 0.25) is 0 Å². The first-order chi connectivity index (χ1) is 16.4. The third kappa shape index (κ3) is 5.86. The van der Waals surface area contributed by atoms with Crippen molar-refractivity contribution >= 4 is 5.97 Å². The zero-order chi connectivity index (χ0) is 24.1. The third-order valence-corrected chi connectivity index (χ3v) is 5.59. The van der Waals surface area contributed by atoms with Crippen LogP contribution in [-0.2, 0) is 19.3 Å². The van der Waals surface area contributed by atoms with Crippen LogP contribution in [0, 0.1) is 18.6 Å². The van der Waals surface area contributed by atoms with Crippen LogP contribution in [0.3, 0.4) is 0 Å². The molecule has 0 aliphatic heterocycles. The second-order valence-electron chi connectivity index (χ2n) is 8.11.